The molecule has 42 heavy (non-hydrogen) atoms. The summed E-state index contributed by atoms with van der Waals surface area (Å²) in [6, 6.07) is 15.0. The van der Waals surface area contributed by atoms with Crippen LogP contribution in [-0.2, 0) is 19.4 Å². The number of carbonyl (C=O) groups excluding carboxylic acids is 2. The Kier molecular flexibility index (Phi) is 10.4. The van der Waals surface area contributed by atoms with Gasteiger partial charge in [-0.25, -0.2) is 8.78 Å². The Bertz CT molecular complexity index is 1390. The number of aryl methyl sites for hydroxylation is 2. The third kappa shape index (κ3) is 8.21. The van der Waals surface area contributed by atoms with Crippen LogP contribution < -0.4 is 5.73 Å². The van der Waals surface area contributed by atoms with Gasteiger partial charge in [-0.15, -0.1) is 0 Å². The summed E-state index contributed by atoms with van der Waals surface area (Å²) in [5, 5.41) is 20.9. The van der Waals surface area contributed by atoms with Gasteiger partial charge < -0.3 is 25.7 Å². The number of halogens is 2. The largest absolute Gasteiger partial charge is 0.393 e. The second kappa shape index (κ2) is 14.0. The summed E-state index contributed by atoms with van der Waals surface area (Å²) in [5.41, 5.74) is 9.94. The molecule has 2 amide bonds. The third-order valence-corrected chi connectivity index (χ3v) is 7.68. The minimum atomic E-state index is -1.19. The topological polar surface area (TPSA) is 107 Å². The van der Waals surface area contributed by atoms with E-state index in [1.54, 1.807) is 23.1 Å². The molecule has 4 N–H and O–H groups in total. The van der Waals surface area contributed by atoms with E-state index in [1.165, 1.54) is 17.0 Å². The molecule has 0 aromatic heterocycles. The van der Waals surface area contributed by atoms with Crippen molar-refractivity contribution in [3.63, 3.8) is 0 Å². The molecule has 0 spiro atoms. The fourth-order valence-corrected chi connectivity index (χ4v) is 5.35. The van der Waals surface area contributed by atoms with Crippen LogP contribution in [0.5, 0.6) is 0 Å². The van der Waals surface area contributed by atoms with Gasteiger partial charge in [-0.2, -0.15) is 0 Å². The molecule has 1 heterocycles. The highest BCUT2D eigenvalue weighted by atomic mass is 19.1. The van der Waals surface area contributed by atoms with E-state index < -0.39 is 29.9 Å². The van der Waals surface area contributed by atoms with Gasteiger partial charge in [0.15, 0.2) is 0 Å². The quantitative estimate of drug-likeness (QED) is 0.337. The number of nitrogens with two attached hydrogens (primary N) is 1. The van der Waals surface area contributed by atoms with Crippen molar-refractivity contribution in [3.05, 3.63) is 106 Å². The van der Waals surface area contributed by atoms with Crippen LogP contribution in [0.4, 0.5) is 8.78 Å². The zero-order valence-corrected chi connectivity index (χ0v) is 24.1. The summed E-state index contributed by atoms with van der Waals surface area (Å²) < 4.78 is 27.4. The first-order chi connectivity index (χ1) is 20.0. The lowest BCUT2D eigenvalue weighted by Gasteiger charge is -2.30. The number of hydrogen-bond donors (Lipinski definition) is 3. The van der Waals surface area contributed by atoms with Crippen LogP contribution in [0.2, 0.25) is 0 Å². The van der Waals surface area contributed by atoms with E-state index in [9.17, 15) is 28.6 Å². The van der Waals surface area contributed by atoms with Crippen molar-refractivity contribution >= 4 is 11.8 Å². The van der Waals surface area contributed by atoms with E-state index in [-0.39, 0.29) is 31.3 Å². The summed E-state index contributed by atoms with van der Waals surface area (Å²) >= 11 is 0. The number of aliphatic hydroxyl groups excluding tert-OH is 2. The molecule has 2 unspecified atom stereocenters. The average molecular weight is 580 g/mol. The average Bonchev–Trinajstić information content (AvgIpc) is 2.95. The van der Waals surface area contributed by atoms with Crippen molar-refractivity contribution in [3.8, 4) is 0 Å². The number of carbonyl (C=O) groups is 2. The minimum absolute atomic E-state index is 0.0107. The van der Waals surface area contributed by atoms with Gasteiger partial charge in [0.2, 0.25) is 0 Å². The Morgan fingerprint density at radius 2 is 1.62 bits per heavy atom. The first kappa shape index (κ1) is 31.3. The molecule has 0 radical (unpaired) electrons. The molecule has 1 aliphatic rings. The highest BCUT2D eigenvalue weighted by molar-refractivity contribution is 6.00. The number of likely N-dealkylation sites (tertiary alicyclic amines) is 1. The summed E-state index contributed by atoms with van der Waals surface area (Å²) in [7, 11) is 0. The molecule has 7 nitrogen and oxygen atoms in total. The maximum Gasteiger partial charge on any atom is 0.254 e. The lowest BCUT2D eigenvalue weighted by atomic mass is 10.00. The van der Waals surface area contributed by atoms with E-state index in [2.05, 4.69) is 0 Å². The molecule has 2 atom stereocenters. The van der Waals surface area contributed by atoms with Gasteiger partial charge in [0.1, 0.15) is 11.6 Å². The molecule has 3 aromatic rings. The number of benzene rings is 3. The molecule has 1 saturated heterocycles. The highest BCUT2D eigenvalue weighted by Gasteiger charge is 2.27. The van der Waals surface area contributed by atoms with Crippen LogP contribution in [-0.4, -0.2) is 69.7 Å². The fourth-order valence-electron chi connectivity index (χ4n) is 5.35. The van der Waals surface area contributed by atoms with Crippen LogP contribution in [0.1, 0.15) is 62.7 Å². The van der Waals surface area contributed by atoms with Crippen molar-refractivity contribution in [1.29, 1.82) is 0 Å². The smallest absolute Gasteiger partial charge is 0.254 e. The Hall–Kier alpha value is -3.66. The standard InChI is InChI=1S/C33H39F2N3O4/c1-3-22-5-4-6-23(13-22)19-38(20-31(40)30(36)16-24-14-27(34)18-28(35)15-24)33(42)26-12-21(2)11-25(17-26)32(41)37-9-7-29(39)8-10-37/h4-6,11-15,17-18,29-31,39-40H,3,7-10,16,19-20,36H2,1-2H3. The van der Waals surface area contributed by atoms with E-state index in [1.807, 2.05) is 38.1 Å². The Balaban J connectivity index is 1.58. The summed E-state index contributed by atoms with van der Waals surface area (Å²) in [5.74, 6) is -2.05. The monoisotopic (exact) mass is 579 g/mol. The third-order valence-electron chi connectivity index (χ3n) is 7.68. The van der Waals surface area contributed by atoms with Crippen molar-refractivity contribution in [2.24, 2.45) is 5.73 Å². The molecule has 3 aromatic carbocycles. The zero-order valence-electron chi connectivity index (χ0n) is 24.1. The number of nitrogens with zero attached hydrogens (tertiary/aromatic N) is 2. The lowest BCUT2D eigenvalue weighted by Crippen LogP contribution is -2.46. The molecule has 1 aliphatic heterocycles. The van der Waals surface area contributed by atoms with Crippen molar-refractivity contribution in [2.45, 2.75) is 64.3 Å². The van der Waals surface area contributed by atoms with Gasteiger partial charge in [0.25, 0.3) is 11.8 Å². The maximum absolute atomic E-state index is 14.0. The molecule has 0 bridgehead atoms. The van der Waals surface area contributed by atoms with Crippen LogP contribution in [0.15, 0.2) is 60.7 Å². The van der Waals surface area contributed by atoms with E-state index in [4.69, 9.17) is 5.73 Å². The molecule has 0 saturated carbocycles. The van der Waals surface area contributed by atoms with Gasteiger partial charge in [0, 0.05) is 49.4 Å². The number of aliphatic hydroxyl groups is 2. The number of piperidine rings is 1. The molecular formula is C33H39F2N3O4. The summed E-state index contributed by atoms with van der Waals surface area (Å²) in [6.45, 7) is 4.79. The lowest BCUT2D eigenvalue weighted by molar-refractivity contribution is 0.0545. The van der Waals surface area contributed by atoms with Gasteiger partial charge in [-0.3, -0.25) is 9.59 Å². The van der Waals surface area contributed by atoms with Crippen molar-refractivity contribution in [1.82, 2.24) is 9.80 Å². The van der Waals surface area contributed by atoms with E-state index in [0.29, 0.717) is 42.6 Å². The number of hydrogen-bond acceptors (Lipinski definition) is 5. The normalized spacial score (nSPS) is 15.4. The van der Waals surface area contributed by atoms with Crippen LogP contribution in [0.25, 0.3) is 0 Å². The summed E-state index contributed by atoms with van der Waals surface area (Å²) in [6.07, 6.45) is 0.233. The highest BCUT2D eigenvalue weighted by Crippen LogP contribution is 2.20. The van der Waals surface area contributed by atoms with Crippen molar-refractivity contribution in [2.75, 3.05) is 19.6 Å². The van der Waals surface area contributed by atoms with Crippen LogP contribution in [0.3, 0.4) is 0 Å². The zero-order chi connectivity index (χ0) is 30.4. The Morgan fingerprint density at radius 3 is 2.29 bits per heavy atom. The van der Waals surface area contributed by atoms with Gasteiger partial charge >= 0.3 is 0 Å². The van der Waals surface area contributed by atoms with Crippen LogP contribution in [0, 0.1) is 18.6 Å². The molecular weight excluding hydrogens is 540 g/mol. The minimum Gasteiger partial charge on any atom is -0.393 e. The van der Waals surface area contributed by atoms with Gasteiger partial charge in [-0.05, 0) is 85.2 Å². The second-order valence-corrected chi connectivity index (χ2v) is 11.2. The van der Waals surface area contributed by atoms with Gasteiger partial charge in [-0.1, -0.05) is 31.2 Å². The fraction of sp³-hybridized carbons (Fsp3) is 0.394. The van der Waals surface area contributed by atoms with E-state index in [0.717, 1.165) is 29.2 Å². The maximum atomic E-state index is 14.0. The first-order valence-corrected chi connectivity index (χ1v) is 14.4. The van der Waals surface area contributed by atoms with Gasteiger partial charge in [0.05, 0.1) is 12.2 Å². The van der Waals surface area contributed by atoms with Crippen molar-refractivity contribution < 1.29 is 28.6 Å². The predicted octanol–water partition coefficient (Wildman–Crippen LogP) is 4.01. The predicted molar refractivity (Wildman–Crippen MR) is 157 cm³/mol. The first-order valence-electron chi connectivity index (χ1n) is 14.4. The molecule has 0 aliphatic carbocycles. The summed E-state index contributed by atoms with van der Waals surface area (Å²) in [4.78, 5) is 30.4. The van der Waals surface area contributed by atoms with E-state index >= 15 is 0 Å². The SMILES string of the molecule is CCc1cccc(CN(CC(O)C(N)Cc2cc(F)cc(F)c2)C(=O)c2cc(C)cc(C(=O)N3CCC(O)CC3)c2)c1. The molecule has 1 fully saturated rings. The number of amides is 2. The molecule has 9 heteroatoms. The molecule has 4 rings (SSSR count). The molecule has 224 valence electrons. The van der Waals surface area contributed by atoms with Crippen LogP contribution >= 0.6 is 0 Å². The second-order valence-electron chi connectivity index (χ2n) is 11.2. The Labute approximate surface area is 245 Å². The Morgan fingerprint density at radius 1 is 0.976 bits per heavy atom. The number of rotatable bonds is 10.